The molecule has 0 amide bonds. The number of benzene rings is 3. The predicted octanol–water partition coefficient (Wildman–Crippen LogP) is 15.2. The fraction of sp³-hybridized carbons (Fsp3) is 0.538. The Balaban J connectivity index is 1.47. The van der Waals surface area contributed by atoms with Crippen LogP contribution in [0.4, 0.5) is 22.7 Å². The SMILES string of the molecule is [C-]#[N+]c1c(C)c(N=Nc2cccc(S(=O)(=O)N(CC(CC)CCCC)CC(CC)CCCC)c2)c(=O)n(-c2ccc(C3C(=O)C(=NNc4cccc(S(=O)(=O)N(CC(CC)CCCC)CC(CC)CCCC)c4)C(C)=C(C#N)C3=O)cc2)c1O. The second kappa shape index (κ2) is 32.6. The van der Waals surface area contributed by atoms with Crippen molar-refractivity contribution in [1.29, 1.82) is 5.26 Å². The van der Waals surface area contributed by atoms with Crippen molar-refractivity contribution in [3.8, 4) is 17.6 Å². The number of hydrogen-bond acceptors (Lipinski definition) is 13. The van der Waals surface area contributed by atoms with E-state index in [9.17, 15) is 41.6 Å². The third-order valence-electron chi connectivity index (χ3n) is 16.5. The molecule has 0 bridgehead atoms. The highest BCUT2D eigenvalue weighted by atomic mass is 32.2. The van der Waals surface area contributed by atoms with Crippen LogP contribution in [-0.4, -0.2) is 78.6 Å². The molecule has 1 heterocycles. The maximum absolute atomic E-state index is 14.6. The Morgan fingerprint density at radius 2 is 1.13 bits per heavy atom. The first-order valence-electron chi connectivity index (χ1n) is 30.4. The van der Waals surface area contributed by atoms with Crippen LogP contribution in [0.5, 0.6) is 5.88 Å². The van der Waals surface area contributed by atoms with Gasteiger partial charge in [0.05, 0.1) is 33.4 Å². The molecule has 4 aromatic rings. The van der Waals surface area contributed by atoms with Crippen LogP contribution in [0.25, 0.3) is 10.5 Å². The number of pyridine rings is 1. The number of rotatable bonds is 34. The van der Waals surface area contributed by atoms with Gasteiger partial charge in [-0.1, -0.05) is 157 Å². The van der Waals surface area contributed by atoms with Gasteiger partial charge < -0.3 is 5.11 Å². The second-order valence-electron chi connectivity index (χ2n) is 22.4. The van der Waals surface area contributed by atoms with Gasteiger partial charge in [-0.3, -0.25) is 24.4 Å². The molecule has 1 aliphatic rings. The van der Waals surface area contributed by atoms with E-state index in [1.165, 1.54) is 56.3 Å². The van der Waals surface area contributed by atoms with E-state index in [1.54, 1.807) is 38.9 Å². The van der Waals surface area contributed by atoms with Crippen molar-refractivity contribution in [2.45, 2.75) is 188 Å². The number of azo groups is 1. The van der Waals surface area contributed by atoms with E-state index in [0.29, 0.717) is 26.2 Å². The number of carbonyl (C=O) groups excluding carboxylic acids is 2. The highest BCUT2D eigenvalue weighted by Crippen LogP contribution is 2.38. The molecule has 0 fully saturated rings. The highest BCUT2D eigenvalue weighted by molar-refractivity contribution is 7.89. The number of anilines is 1. The number of hydrazone groups is 1. The summed E-state index contributed by atoms with van der Waals surface area (Å²) in [6.07, 6.45) is 15.1. The molecular formula is C65H89N9O8S2. The number of nitriles is 1. The minimum absolute atomic E-state index is 0.0284. The zero-order valence-electron chi connectivity index (χ0n) is 51.2. The molecule has 5 atom stereocenters. The summed E-state index contributed by atoms with van der Waals surface area (Å²) in [5.41, 5.74) is 1.48. The van der Waals surface area contributed by atoms with Crippen LogP contribution in [0.3, 0.4) is 0 Å². The number of sulfonamides is 2. The monoisotopic (exact) mass is 1190 g/mol. The van der Waals surface area contributed by atoms with Gasteiger partial charge in [0.15, 0.2) is 11.6 Å². The molecule has 84 heavy (non-hydrogen) atoms. The summed E-state index contributed by atoms with van der Waals surface area (Å²) >= 11 is 0. The molecular weight excluding hydrogens is 1100 g/mol. The van der Waals surface area contributed by atoms with Crippen LogP contribution in [0.2, 0.25) is 0 Å². The van der Waals surface area contributed by atoms with Gasteiger partial charge in [0.25, 0.3) is 11.2 Å². The Morgan fingerprint density at radius 1 is 0.667 bits per heavy atom. The molecule has 5 rings (SSSR count). The normalized spacial score (nSPS) is 16.1. The Bertz CT molecular complexity index is 3340. The number of Topliss-reactive ketones (excluding diaryl/α,β-unsaturated/α-hetero) is 2. The first-order chi connectivity index (χ1) is 40.2. The number of aromatic hydroxyl groups is 1. The Labute approximate surface area is 500 Å². The largest absolute Gasteiger partial charge is 0.502 e. The van der Waals surface area contributed by atoms with Crippen LogP contribution in [0.1, 0.15) is 182 Å². The van der Waals surface area contributed by atoms with Crippen molar-refractivity contribution >= 4 is 60.1 Å². The van der Waals surface area contributed by atoms with Gasteiger partial charge in [-0.2, -0.15) is 24.1 Å². The fourth-order valence-corrected chi connectivity index (χ4v) is 14.1. The van der Waals surface area contributed by atoms with E-state index in [2.05, 4.69) is 81.0 Å². The molecule has 3 aromatic carbocycles. The van der Waals surface area contributed by atoms with Gasteiger partial charge in [0.1, 0.15) is 29.0 Å². The number of allylic oxidation sites excluding steroid dienone is 2. The molecule has 0 aliphatic heterocycles. The maximum atomic E-state index is 14.6. The fourth-order valence-electron chi connectivity index (χ4n) is 10.8. The Morgan fingerprint density at radius 3 is 1.57 bits per heavy atom. The molecule has 0 radical (unpaired) electrons. The minimum Gasteiger partial charge on any atom is -0.502 e. The van der Waals surface area contributed by atoms with E-state index < -0.39 is 49.0 Å². The summed E-state index contributed by atoms with van der Waals surface area (Å²) in [4.78, 5) is 46.4. The average Bonchev–Trinajstić information content (AvgIpc) is 1.76. The van der Waals surface area contributed by atoms with Gasteiger partial charge in [0.2, 0.25) is 25.9 Å². The lowest BCUT2D eigenvalue weighted by molar-refractivity contribution is -0.124. The molecule has 0 saturated carbocycles. The van der Waals surface area contributed by atoms with E-state index in [4.69, 9.17) is 6.57 Å². The van der Waals surface area contributed by atoms with Crippen molar-refractivity contribution in [3.63, 3.8) is 0 Å². The van der Waals surface area contributed by atoms with Gasteiger partial charge >= 0.3 is 0 Å². The third-order valence-corrected chi connectivity index (χ3v) is 20.1. The van der Waals surface area contributed by atoms with Crippen LogP contribution in [0.15, 0.2) is 114 Å². The molecule has 0 saturated heterocycles. The van der Waals surface area contributed by atoms with Gasteiger partial charge in [-0.05, 0) is 123 Å². The quantitative estimate of drug-likeness (QED) is 0.0194. The average molecular weight is 1190 g/mol. The number of nitrogens with zero attached hydrogens (tertiary/aromatic N) is 8. The van der Waals surface area contributed by atoms with Crippen molar-refractivity contribution in [2.24, 2.45) is 39.0 Å². The van der Waals surface area contributed by atoms with Crippen molar-refractivity contribution in [1.82, 2.24) is 13.2 Å². The lowest BCUT2D eigenvalue weighted by Crippen LogP contribution is -2.39. The number of nitrogens with one attached hydrogen (secondary N) is 1. The Kier molecular flexibility index (Phi) is 26.4. The number of hydrogen-bond donors (Lipinski definition) is 2. The summed E-state index contributed by atoms with van der Waals surface area (Å²) in [6, 6.07) is 19.7. The Hall–Kier alpha value is -6.64. The van der Waals surface area contributed by atoms with Crippen LogP contribution in [-0.2, 0) is 29.6 Å². The third kappa shape index (κ3) is 16.8. The molecule has 17 nitrogen and oxygen atoms in total. The summed E-state index contributed by atoms with van der Waals surface area (Å²) in [5.74, 6) is -3.01. The van der Waals surface area contributed by atoms with E-state index in [-0.39, 0.29) is 89.9 Å². The maximum Gasteiger partial charge on any atom is 0.283 e. The molecule has 0 spiro atoms. The van der Waals surface area contributed by atoms with Crippen LogP contribution >= 0.6 is 0 Å². The first kappa shape index (κ1) is 68.1. The zero-order chi connectivity index (χ0) is 61.7. The summed E-state index contributed by atoms with van der Waals surface area (Å²) in [7, 11) is -7.99. The second-order valence-corrected chi connectivity index (χ2v) is 26.2. The highest BCUT2D eigenvalue weighted by Gasteiger charge is 2.41. The number of aromatic nitrogens is 1. The summed E-state index contributed by atoms with van der Waals surface area (Å²) < 4.78 is 62.4. The summed E-state index contributed by atoms with van der Waals surface area (Å²) in [5, 5.41) is 34.7. The lowest BCUT2D eigenvalue weighted by Gasteiger charge is -2.30. The molecule has 19 heteroatoms. The number of carbonyl (C=O) groups is 2. The number of unbranched alkanes of at least 4 members (excludes halogenated alkanes) is 4. The van der Waals surface area contributed by atoms with Crippen LogP contribution in [0, 0.1) is 48.5 Å². The molecule has 2 N–H and O–H groups in total. The van der Waals surface area contributed by atoms with Gasteiger partial charge in [-0.15, -0.1) is 5.11 Å². The zero-order valence-corrected chi connectivity index (χ0v) is 52.8. The van der Waals surface area contributed by atoms with Crippen LogP contribution < -0.4 is 11.0 Å². The van der Waals surface area contributed by atoms with E-state index >= 15 is 0 Å². The number of ketones is 2. The predicted molar refractivity (Wildman–Crippen MR) is 335 cm³/mol. The lowest BCUT2D eigenvalue weighted by atomic mass is 9.77. The molecule has 1 aliphatic carbocycles. The van der Waals surface area contributed by atoms with Crippen molar-refractivity contribution in [2.75, 3.05) is 31.6 Å². The molecule has 454 valence electrons. The summed E-state index contributed by atoms with van der Waals surface area (Å²) in [6.45, 7) is 29.3. The smallest absolute Gasteiger partial charge is 0.283 e. The van der Waals surface area contributed by atoms with E-state index in [1.807, 2.05) is 6.07 Å². The van der Waals surface area contributed by atoms with Gasteiger partial charge in [0, 0.05) is 31.8 Å². The first-order valence-corrected chi connectivity index (χ1v) is 33.2. The molecule has 5 unspecified atom stereocenters. The van der Waals surface area contributed by atoms with Crippen molar-refractivity contribution < 1.29 is 31.5 Å². The standard InChI is InChI=1S/C65H89N9O8S2/c1-12-20-26-47(16-5)41-72(42-48(17-6)27-21-13-2)83(79,80)55-32-24-30-52(38-55)68-70-59-45(9)57(40-66)62(75)58(63(59)76)51-34-36-54(37-35-51)74-64(77)60(67-11)46(10)61(65(74)78)71-69-53-31-25-33-56(39-53)84(81,82)73(43-49(18-7)28-22-14-3)44-50(19-8)29-23-15-4/h24-25,30-39,47-50,58,68,77H,12-23,26-29,41-44H2,1-10H3. The van der Waals surface area contributed by atoms with Gasteiger partial charge in [-0.25, -0.2) is 21.7 Å². The van der Waals surface area contributed by atoms with Crippen molar-refractivity contribution in [3.05, 3.63) is 117 Å². The van der Waals surface area contributed by atoms with E-state index in [0.717, 1.165) is 107 Å². The minimum atomic E-state index is -4.00. The molecule has 1 aromatic heterocycles. The topological polar surface area (TPSA) is 228 Å².